The van der Waals surface area contributed by atoms with Crippen molar-refractivity contribution in [1.29, 1.82) is 0 Å². The van der Waals surface area contributed by atoms with Crippen LogP contribution in [0.25, 0.3) is 0 Å². The SMILES string of the molecule is CCNc1ncc(Br)c(OC(C)CC)n1. The van der Waals surface area contributed by atoms with Crippen LogP contribution in [-0.4, -0.2) is 22.6 Å². The second kappa shape index (κ2) is 5.90. The fourth-order valence-electron chi connectivity index (χ4n) is 0.951. The summed E-state index contributed by atoms with van der Waals surface area (Å²) in [5.41, 5.74) is 0. The summed E-state index contributed by atoms with van der Waals surface area (Å²) in [5.74, 6) is 1.19. The molecule has 1 heterocycles. The van der Waals surface area contributed by atoms with Gasteiger partial charge in [0.05, 0.1) is 16.8 Å². The summed E-state index contributed by atoms with van der Waals surface area (Å²) in [6.45, 7) is 6.89. The normalized spacial score (nSPS) is 12.3. The Morgan fingerprint density at radius 1 is 1.53 bits per heavy atom. The molecule has 1 aromatic heterocycles. The molecule has 0 amide bonds. The van der Waals surface area contributed by atoms with E-state index in [-0.39, 0.29) is 6.10 Å². The molecule has 15 heavy (non-hydrogen) atoms. The second-order valence-electron chi connectivity index (χ2n) is 3.21. The molecule has 1 atom stereocenters. The van der Waals surface area contributed by atoms with Crippen molar-refractivity contribution in [2.24, 2.45) is 0 Å². The summed E-state index contributed by atoms with van der Waals surface area (Å²) in [6.07, 6.45) is 2.81. The zero-order valence-corrected chi connectivity index (χ0v) is 10.8. The number of hydrogen-bond donors (Lipinski definition) is 1. The Labute approximate surface area is 98.6 Å². The summed E-state index contributed by atoms with van der Waals surface area (Å²) < 4.78 is 6.43. The van der Waals surface area contributed by atoms with E-state index in [0.29, 0.717) is 11.8 Å². The van der Waals surface area contributed by atoms with E-state index < -0.39 is 0 Å². The van der Waals surface area contributed by atoms with Gasteiger partial charge in [-0.2, -0.15) is 4.98 Å². The van der Waals surface area contributed by atoms with Gasteiger partial charge in [-0.25, -0.2) is 4.98 Å². The number of hydrogen-bond acceptors (Lipinski definition) is 4. The number of nitrogens with zero attached hydrogens (tertiary/aromatic N) is 2. The number of rotatable bonds is 5. The van der Waals surface area contributed by atoms with Crippen LogP contribution in [0.1, 0.15) is 27.2 Å². The van der Waals surface area contributed by atoms with Crippen molar-refractivity contribution in [3.8, 4) is 5.88 Å². The molecule has 1 aromatic rings. The molecule has 4 nitrogen and oxygen atoms in total. The van der Waals surface area contributed by atoms with E-state index in [0.717, 1.165) is 17.4 Å². The fourth-order valence-corrected chi connectivity index (χ4v) is 1.24. The van der Waals surface area contributed by atoms with Crippen molar-refractivity contribution in [1.82, 2.24) is 9.97 Å². The highest BCUT2D eigenvalue weighted by Gasteiger charge is 2.08. The summed E-state index contributed by atoms with van der Waals surface area (Å²) in [4.78, 5) is 8.37. The van der Waals surface area contributed by atoms with Gasteiger partial charge in [0.2, 0.25) is 11.8 Å². The van der Waals surface area contributed by atoms with Gasteiger partial charge in [-0.1, -0.05) is 6.92 Å². The van der Waals surface area contributed by atoms with Gasteiger partial charge in [0, 0.05) is 6.54 Å². The van der Waals surface area contributed by atoms with Gasteiger partial charge in [-0.3, -0.25) is 0 Å². The third kappa shape index (κ3) is 3.66. The number of halogens is 1. The van der Waals surface area contributed by atoms with Crippen LogP contribution in [0.3, 0.4) is 0 Å². The Morgan fingerprint density at radius 2 is 2.27 bits per heavy atom. The number of ether oxygens (including phenoxy) is 1. The van der Waals surface area contributed by atoms with Crippen molar-refractivity contribution in [2.45, 2.75) is 33.3 Å². The van der Waals surface area contributed by atoms with Crippen LogP contribution >= 0.6 is 15.9 Å². The summed E-state index contributed by atoms with van der Waals surface area (Å²) >= 11 is 3.36. The van der Waals surface area contributed by atoms with E-state index in [1.165, 1.54) is 0 Å². The number of anilines is 1. The van der Waals surface area contributed by atoms with Crippen LogP contribution in [0.2, 0.25) is 0 Å². The minimum Gasteiger partial charge on any atom is -0.474 e. The number of aromatic nitrogens is 2. The first-order valence-corrected chi connectivity index (χ1v) is 5.89. The maximum atomic E-state index is 5.64. The zero-order chi connectivity index (χ0) is 11.3. The molecule has 1 N–H and O–H groups in total. The van der Waals surface area contributed by atoms with Gasteiger partial charge < -0.3 is 10.1 Å². The van der Waals surface area contributed by atoms with Gasteiger partial charge in [-0.15, -0.1) is 0 Å². The first kappa shape index (κ1) is 12.2. The van der Waals surface area contributed by atoms with E-state index in [2.05, 4.69) is 38.1 Å². The molecule has 0 bridgehead atoms. The van der Waals surface area contributed by atoms with Crippen molar-refractivity contribution in [3.63, 3.8) is 0 Å². The van der Waals surface area contributed by atoms with E-state index >= 15 is 0 Å². The molecule has 0 saturated carbocycles. The summed E-state index contributed by atoms with van der Waals surface area (Å²) in [6, 6.07) is 0. The monoisotopic (exact) mass is 273 g/mol. The Balaban J connectivity index is 2.80. The molecule has 1 unspecified atom stereocenters. The minimum atomic E-state index is 0.158. The minimum absolute atomic E-state index is 0.158. The predicted molar refractivity (Wildman–Crippen MR) is 64.3 cm³/mol. The van der Waals surface area contributed by atoms with Crippen LogP contribution in [0, 0.1) is 0 Å². The highest BCUT2D eigenvalue weighted by atomic mass is 79.9. The Hall–Kier alpha value is -0.840. The van der Waals surface area contributed by atoms with Gasteiger partial charge in [0.1, 0.15) is 0 Å². The van der Waals surface area contributed by atoms with Gasteiger partial charge >= 0.3 is 0 Å². The van der Waals surface area contributed by atoms with Crippen molar-refractivity contribution >= 4 is 21.9 Å². The van der Waals surface area contributed by atoms with E-state index in [1.54, 1.807) is 6.20 Å². The molecule has 5 heteroatoms. The summed E-state index contributed by atoms with van der Waals surface area (Å²) in [7, 11) is 0. The number of nitrogens with one attached hydrogen (secondary N) is 1. The molecule has 0 aromatic carbocycles. The molecule has 84 valence electrons. The lowest BCUT2D eigenvalue weighted by Gasteiger charge is -2.13. The predicted octanol–water partition coefficient (Wildman–Crippen LogP) is 2.85. The molecular weight excluding hydrogens is 258 g/mol. The lowest BCUT2D eigenvalue weighted by molar-refractivity contribution is 0.207. The van der Waals surface area contributed by atoms with Crippen molar-refractivity contribution < 1.29 is 4.74 Å². The quantitative estimate of drug-likeness (QED) is 0.896. The van der Waals surface area contributed by atoms with E-state index in [1.807, 2.05) is 13.8 Å². The average molecular weight is 274 g/mol. The van der Waals surface area contributed by atoms with Gasteiger partial charge in [0.15, 0.2) is 0 Å². The molecular formula is C10H16BrN3O. The third-order valence-corrected chi connectivity index (χ3v) is 2.48. The van der Waals surface area contributed by atoms with Crippen LogP contribution < -0.4 is 10.1 Å². The largest absolute Gasteiger partial charge is 0.474 e. The fraction of sp³-hybridized carbons (Fsp3) is 0.600. The average Bonchev–Trinajstić information content (AvgIpc) is 2.23. The Bertz CT molecular complexity index is 320. The van der Waals surface area contributed by atoms with Gasteiger partial charge in [-0.05, 0) is 36.2 Å². The molecule has 0 fully saturated rings. The van der Waals surface area contributed by atoms with Gasteiger partial charge in [0.25, 0.3) is 0 Å². The molecule has 1 rings (SSSR count). The zero-order valence-electron chi connectivity index (χ0n) is 9.25. The van der Waals surface area contributed by atoms with Crippen LogP contribution in [0.15, 0.2) is 10.7 Å². The molecule has 0 spiro atoms. The van der Waals surface area contributed by atoms with Crippen molar-refractivity contribution in [2.75, 3.05) is 11.9 Å². The Kier molecular flexibility index (Phi) is 4.81. The van der Waals surface area contributed by atoms with Crippen molar-refractivity contribution in [3.05, 3.63) is 10.7 Å². The lowest BCUT2D eigenvalue weighted by Crippen LogP contribution is -2.12. The first-order chi connectivity index (χ1) is 7.17. The van der Waals surface area contributed by atoms with E-state index in [4.69, 9.17) is 4.74 Å². The van der Waals surface area contributed by atoms with Crippen LogP contribution in [0.4, 0.5) is 5.95 Å². The topological polar surface area (TPSA) is 47.0 Å². The molecule has 0 aliphatic carbocycles. The smallest absolute Gasteiger partial charge is 0.233 e. The summed E-state index contributed by atoms with van der Waals surface area (Å²) in [5, 5.41) is 3.04. The second-order valence-corrected chi connectivity index (χ2v) is 4.07. The lowest BCUT2D eigenvalue weighted by atomic mass is 10.3. The highest BCUT2D eigenvalue weighted by Crippen LogP contribution is 2.23. The first-order valence-electron chi connectivity index (χ1n) is 5.10. The third-order valence-electron chi connectivity index (χ3n) is 1.93. The molecule has 0 radical (unpaired) electrons. The van der Waals surface area contributed by atoms with Crippen LogP contribution in [0.5, 0.6) is 5.88 Å². The Morgan fingerprint density at radius 3 is 2.87 bits per heavy atom. The maximum absolute atomic E-state index is 5.64. The molecule has 0 aliphatic rings. The standard InChI is InChI=1S/C10H16BrN3O/c1-4-7(3)15-9-8(11)6-13-10(14-9)12-5-2/h6-7H,4-5H2,1-3H3,(H,12,13,14). The maximum Gasteiger partial charge on any atom is 0.233 e. The highest BCUT2D eigenvalue weighted by molar-refractivity contribution is 9.10. The molecule has 0 aliphatic heterocycles. The molecule has 0 saturated heterocycles. The van der Waals surface area contributed by atoms with E-state index in [9.17, 15) is 0 Å². The van der Waals surface area contributed by atoms with Crippen LogP contribution in [-0.2, 0) is 0 Å².